The average Bonchev–Trinajstić information content (AvgIpc) is 2.42. The minimum Gasteiger partial charge on any atom is -0.478 e. The number of nitrogens with zero attached hydrogens (tertiary/aromatic N) is 1. The average molecular weight is 229 g/mol. The summed E-state index contributed by atoms with van der Waals surface area (Å²) in [5, 5.41) is 9.40. The number of carboxylic acid groups (broad SMARTS) is 1. The lowest BCUT2D eigenvalue weighted by atomic mass is 10.2. The van der Waals surface area contributed by atoms with Crippen LogP contribution in [0.15, 0.2) is 12.1 Å². The van der Waals surface area contributed by atoms with Crippen LogP contribution < -0.4 is 5.73 Å². The largest absolute Gasteiger partial charge is 0.478 e. The van der Waals surface area contributed by atoms with Gasteiger partial charge in [-0.05, 0) is 12.1 Å². The van der Waals surface area contributed by atoms with Crippen molar-refractivity contribution in [2.24, 2.45) is 0 Å². The monoisotopic (exact) mass is 228 g/mol. The Hall–Kier alpha value is -1.33. The molecule has 72 valence electrons. The fraction of sp³-hybridized carbons (Fsp3) is 0. The van der Waals surface area contributed by atoms with Gasteiger partial charge in [-0.1, -0.05) is 22.9 Å². The molecule has 0 atom stereocenters. The number of nitrogen functional groups attached to an aromatic ring is 1. The highest BCUT2D eigenvalue weighted by Gasteiger charge is 2.12. The molecule has 0 fully saturated rings. The van der Waals surface area contributed by atoms with Gasteiger partial charge in [-0.2, -0.15) is 0 Å². The van der Waals surface area contributed by atoms with Gasteiger partial charge in [0.15, 0.2) is 5.13 Å². The Balaban J connectivity index is 2.76. The third-order valence-electron chi connectivity index (χ3n) is 1.72. The summed E-state index contributed by atoms with van der Waals surface area (Å²) in [6.45, 7) is 0. The van der Waals surface area contributed by atoms with Gasteiger partial charge in [-0.3, -0.25) is 0 Å². The Morgan fingerprint density at radius 2 is 2.29 bits per heavy atom. The number of thiazole rings is 1. The summed E-state index contributed by atoms with van der Waals surface area (Å²) >= 11 is 7.04. The lowest BCUT2D eigenvalue weighted by Crippen LogP contribution is -1.96. The first-order chi connectivity index (χ1) is 6.58. The lowest BCUT2D eigenvalue weighted by molar-refractivity contribution is 0.0697. The van der Waals surface area contributed by atoms with Crippen LogP contribution in [0.5, 0.6) is 0 Å². The van der Waals surface area contributed by atoms with E-state index in [2.05, 4.69) is 4.98 Å². The van der Waals surface area contributed by atoms with Gasteiger partial charge in [0.25, 0.3) is 0 Å². The van der Waals surface area contributed by atoms with E-state index in [4.69, 9.17) is 22.4 Å². The summed E-state index contributed by atoms with van der Waals surface area (Å²) in [7, 11) is 0. The maximum Gasteiger partial charge on any atom is 0.337 e. The molecule has 1 aromatic carbocycles. The number of hydrogen-bond donors (Lipinski definition) is 2. The molecular weight excluding hydrogens is 224 g/mol. The highest BCUT2D eigenvalue weighted by Crippen LogP contribution is 2.29. The predicted molar refractivity (Wildman–Crippen MR) is 56.0 cm³/mol. The zero-order valence-corrected chi connectivity index (χ0v) is 8.39. The van der Waals surface area contributed by atoms with Crippen LogP contribution >= 0.6 is 22.9 Å². The van der Waals surface area contributed by atoms with Crippen LogP contribution in [0.4, 0.5) is 5.13 Å². The second-order valence-electron chi connectivity index (χ2n) is 2.66. The molecule has 0 bridgehead atoms. The number of fused-ring (bicyclic) bond motifs is 1. The summed E-state index contributed by atoms with van der Waals surface area (Å²) in [5.41, 5.74) is 6.09. The smallest absolute Gasteiger partial charge is 0.337 e. The maximum atomic E-state index is 10.7. The summed E-state index contributed by atoms with van der Waals surface area (Å²) in [6.07, 6.45) is 0. The van der Waals surface area contributed by atoms with Crippen molar-refractivity contribution < 1.29 is 9.90 Å². The molecule has 0 aliphatic heterocycles. The molecule has 0 saturated carbocycles. The Morgan fingerprint density at radius 3 is 2.93 bits per heavy atom. The van der Waals surface area contributed by atoms with Crippen molar-refractivity contribution in [2.75, 3.05) is 5.73 Å². The van der Waals surface area contributed by atoms with E-state index in [-0.39, 0.29) is 10.6 Å². The molecule has 1 heterocycles. The van der Waals surface area contributed by atoms with E-state index in [1.54, 1.807) is 6.07 Å². The Labute approximate surface area is 87.9 Å². The SMILES string of the molecule is Nc1nc2cc(C(=O)O)c(Cl)cc2s1. The first-order valence-electron chi connectivity index (χ1n) is 3.67. The molecule has 3 N–H and O–H groups in total. The van der Waals surface area contributed by atoms with Crippen molar-refractivity contribution in [3.8, 4) is 0 Å². The van der Waals surface area contributed by atoms with Crippen LogP contribution in [0.1, 0.15) is 10.4 Å². The predicted octanol–water partition coefficient (Wildman–Crippen LogP) is 2.23. The molecule has 1 aromatic heterocycles. The van der Waals surface area contributed by atoms with E-state index in [1.165, 1.54) is 17.4 Å². The van der Waals surface area contributed by atoms with E-state index < -0.39 is 5.97 Å². The molecule has 0 spiro atoms. The molecule has 0 saturated heterocycles. The van der Waals surface area contributed by atoms with Crippen molar-refractivity contribution in [1.82, 2.24) is 4.98 Å². The lowest BCUT2D eigenvalue weighted by Gasteiger charge is -1.96. The van der Waals surface area contributed by atoms with Crippen molar-refractivity contribution in [1.29, 1.82) is 0 Å². The molecular formula is C8H5ClN2O2S. The van der Waals surface area contributed by atoms with E-state index in [0.29, 0.717) is 10.6 Å². The highest BCUT2D eigenvalue weighted by molar-refractivity contribution is 7.22. The number of rotatable bonds is 1. The van der Waals surface area contributed by atoms with Gasteiger partial charge in [-0.25, -0.2) is 9.78 Å². The van der Waals surface area contributed by atoms with Crippen LogP contribution in [0.25, 0.3) is 10.2 Å². The van der Waals surface area contributed by atoms with Gasteiger partial charge in [0, 0.05) is 0 Å². The minimum atomic E-state index is -1.07. The second kappa shape index (κ2) is 3.11. The number of carboxylic acids is 1. The second-order valence-corrected chi connectivity index (χ2v) is 4.13. The quantitative estimate of drug-likeness (QED) is 0.785. The maximum absolute atomic E-state index is 10.7. The molecule has 0 amide bonds. The van der Waals surface area contributed by atoms with Crippen LogP contribution in [0.2, 0.25) is 5.02 Å². The number of aromatic carboxylic acids is 1. The molecule has 0 aliphatic carbocycles. The first-order valence-corrected chi connectivity index (χ1v) is 4.86. The van der Waals surface area contributed by atoms with Gasteiger partial charge in [0.1, 0.15) is 0 Å². The van der Waals surface area contributed by atoms with Gasteiger partial charge in [0.2, 0.25) is 0 Å². The molecule has 0 aliphatic rings. The van der Waals surface area contributed by atoms with Crippen molar-refractivity contribution in [3.05, 3.63) is 22.7 Å². The Bertz CT molecular complexity index is 523. The van der Waals surface area contributed by atoms with Crippen LogP contribution in [0, 0.1) is 0 Å². The number of carbonyl (C=O) groups is 1. The van der Waals surface area contributed by atoms with E-state index in [1.807, 2.05) is 0 Å². The van der Waals surface area contributed by atoms with Gasteiger partial charge in [-0.15, -0.1) is 0 Å². The summed E-state index contributed by atoms with van der Waals surface area (Å²) in [4.78, 5) is 14.7. The molecule has 4 nitrogen and oxygen atoms in total. The topological polar surface area (TPSA) is 76.2 Å². The molecule has 14 heavy (non-hydrogen) atoms. The molecule has 2 aromatic rings. The van der Waals surface area contributed by atoms with Gasteiger partial charge in [0.05, 0.1) is 20.8 Å². The van der Waals surface area contributed by atoms with Gasteiger partial charge >= 0.3 is 5.97 Å². The van der Waals surface area contributed by atoms with Crippen molar-refractivity contribution in [3.63, 3.8) is 0 Å². The molecule has 2 rings (SSSR count). The first kappa shape index (κ1) is 9.23. The fourth-order valence-electron chi connectivity index (χ4n) is 1.13. The summed E-state index contributed by atoms with van der Waals surface area (Å²) < 4.78 is 0.789. The van der Waals surface area contributed by atoms with E-state index in [9.17, 15) is 4.79 Å². The standard InChI is InChI=1S/C8H5ClN2O2S/c9-4-2-6-5(11-8(10)14-6)1-3(4)7(12)13/h1-2H,(H2,10,11)(H,12,13). The van der Waals surface area contributed by atoms with Crippen LogP contribution in [-0.4, -0.2) is 16.1 Å². The van der Waals surface area contributed by atoms with E-state index >= 15 is 0 Å². The molecule has 0 radical (unpaired) electrons. The molecule has 0 unspecified atom stereocenters. The number of nitrogens with two attached hydrogens (primary N) is 1. The number of aromatic nitrogens is 1. The summed E-state index contributed by atoms with van der Waals surface area (Å²) in [5.74, 6) is -1.07. The van der Waals surface area contributed by atoms with Crippen LogP contribution in [0.3, 0.4) is 0 Å². The Morgan fingerprint density at radius 1 is 1.57 bits per heavy atom. The molecule has 6 heteroatoms. The van der Waals surface area contributed by atoms with Crippen molar-refractivity contribution >= 4 is 44.3 Å². The third kappa shape index (κ3) is 1.40. The normalized spacial score (nSPS) is 10.6. The number of anilines is 1. The minimum absolute atomic E-state index is 0.0458. The fourth-order valence-corrected chi connectivity index (χ4v) is 2.20. The van der Waals surface area contributed by atoms with E-state index in [0.717, 1.165) is 4.70 Å². The number of hydrogen-bond acceptors (Lipinski definition) is 4. The summed E-state index contributed by atoms with van der Waals surface area (Å²) in [6, 6.07) is 2.99. The Kier molecular flexibility index (Phi) is 2.05. The van der Waals surface area contributed by atoms with Crippen LogP contribution in [-0.2, 0) is 0 Å². The van der Waals surface area contributed by atoms with Gasteiger partial charge < -0.3 is 10.8 Å². The number of halogens is 1. The van der Waals surface area contributed by atoms with Crippen molar-refractivity contribution in [2.45, 2.75) is 0 Å². The third-order valence-corrected chi connectivity index (χ3v) is 2.88. The zero-order valence-electron chi connectivity index (χ0n) is 6.82. The highest BCUT2D eigenvalue weighted by atomic mass is 35.5. The zero-order chi connectivity index (χ0) is 10.3. The number of benzene rings is 1.